The van der Waals surface area contributed by atoms with E-state index in [1.165, 1.54) is 13.8 Å². The molecule has 0 aliphatic rings. The monoisotopic (exact) mass is 1170 g/mol. The van der Waals surface area contributed by atoms with Crippen LogP contribution in [0.25, 0.3) is 0 Å². The van der Waals surface area contributed by atoms with Crippen LogP contribution in [-0.4, -0.2) is 25.9 Å². The third kappa shape index (κ3) is 1290. The van der Waals surface area contributed by atoms with Crippen LogP contribution in [0.15, 0.2) is 0 Å². The molecule has 0 aromatic heterocycles. The Morgan fingerprint density at radius 3 is 0.697 bits per heavy atom. The Morgan fingerprint density at radius 2 is 0.697 bits per heavy atom. The third-order valence-corrected chi connectivity index (χ3v) is 0.498. The average Bonchev–Trinajstić information content (AvgIpc) is 2.76. The zero-order chi connectivity index (χ0) is 29.7. The number of Topliss-reactive ketones (excluding diaryl/α,β-unsaturated/α-hetero) is 2. The molecule has 0 atom stereocenters. The van der Waals surface area contributed by atoms with E-state index in [1.54, 1.807) is 6.92 Å². The average molecular weight is 1170 g/mol. The summed E-state index contributed by atoms with van der Waals surface area (Å²) >= 11 is 9.54. The van der Waals surface area contributed by atoms with Crippen molar-refractivity contribution < 1.29 is 31.6 Å². The van der Waals surface area contributed by atoms with Gasteiger partial charge in [0.1, 0.15) is 11.6 Å². The molecule has 0 aromatic rings. The summed E-state index contributed by atoms with van der Waals surface area (Å²) in [5.74, 6) is 2.09. The van der Waals surface area contributed by atoms with E-state index in [9.17, 15) is 18.4 Å². The number of rotatable bonds is 1. The van der Waals surface area contributed by atoms with Crippen LogP contribution in [-0.2, 0) is 9.59 Å². The van der Waals surface area contributed by atoms with Gasteiger partial charge in [-0.25, -0.2) is 0 Å². The molecular formula is C23H59F2I6O2-. The Kier molecular flexibility index (Phi) is 320. The molecule has 0 amide bonds. The Hall–Kier alpha value is 3.58. The number of halogens is 8. The van der Waals surface area contributed by atoms with Crippen molar-refractivity contribution in [1.29, 1.82) is 0 Å². The third-order valence-electron chi connectivity index (χ3n) is 0.498. The molecule has 0 spiro atoms. The van der Waals surface area contributed by atoms with Crippen molar-refractivity contribution in [2.75, 3.05) is 14.4 Å². The molecule has 0 aromatic carbocycles. The molecule has 10 heteroatoms. The Balaban J connectivity index is -0.0000000150. The molecule has 0 rings (SSSR count). The van der Waals surface area contributed by atoms with Gasteiger partial charge in [-0.15, -0.1) is 24.0 Å². The van der Waals surface area contributed by atoms with Gasteiger partial charge < -0.3 is 9.59 Å². The zero-order valence-electron chi connectivity index (χ0n) is 24.7. The summed E-state index contributed by atoms with van der Waals surface area (Å²) in [6.07, 6.45) is 0.667. The molecule has 0 aliphatic heterocycles. The minimum atomic E-state index is 0. The van der Waals surface area contributed by atoms with E-state index < -0.39 is 0 Å². The first kappa shape index (κ1) is 76.6. The van der Waals surface area contributed by atoms with Gasteiger partial charge in [0.15, 0.2) is 0 Å². The van der Waals surface area contributed by atoms with Crippen molar-refractivity contribution >= 4 is 110 Å². The molecule has 0 saturated heterocycles. The normalized spacial score (nSPS) is 5.88. The van der Waals surface area contributed by atoms with E-state index in [-0.39, 0.29) is 35.5 Å². The van der Waals surface area contributed by atoms with Crippen molar-refractivity contribution in [2.45, 2.75) is 117 Å². The van der Waals surface area contributed by atoms with Gasteiger partial charge in [-0.3, -0.25) is 8.78 Å². The van der Waals surface area contributed by atoms with E-state index in [0.29, 0.717) is 34.0 Å². The topological polar surface area (TPSA) is 34.1 Å². The van der Waals surface area contributed by atoms with Crippen LogP contribution >= 0.6 is 98.4 Å². The predicted molar refractivity (Wildman–Crippen MR) is 198 cm³/mol. The fourth-order valence-corrected chi connectivity index (χ4v) is 0. The molecule has 220 valence electrons. The number of hydrogen-bond donors (Lipinski definition) is 0. The van der Waals surface area contributed by atoms with E-state index in [0.717, 1.165) is 11.8 Å². The quantitative estimate of drug-likeness (QED) is 0.245. The summed E-state index contributed by atoms with van der Waals surface area (Å²) in [5, 5.41) is 0. The van der Waals surface area contributed by atoms with Crippen molar-refractivity contribution in [1.82, 2.24) is 0 Å². The van der Waals surface area contributed by atoms with Gasteiger partial charge in [-0.2, -0.15) is 0 Å². The van der Waals surface area contributed by atoms with Gasteiger partial charge >= 0.3 is 50.5 Å². The minimum absolute atomic E-state index is 0. The number of alkyl halides is 2. The number of ketones is 2. The Bertz CT molecular complexity index is 188. The van der Waals surface area contributed by atoms with Crippen molar-refractivity contribution in [3.05, 3.63) is 0 Å². The van der Waals surface area contributed by atoms with E-state index in [2.05, 4.69) is 116 Å². The summed E-state index contributed by atoms with van der Waals surface area (Å²) < 4.78 is 19.0. The van der Waals surface area contributed by atoms with Crippen molar-refractivity contribution in [2.24, 2.45) is 11.8 Å². The van der Waals surface area contributed by atoms with Crippen LogP contribution in [0.4, 0.5) is 8.78 Å². The summed E-state index contributed by atoms with van der Waals surface area (Å²) in [5.41, 5.74) is 0. The number of carbonyl (C=O) groups is 2. The van der Waals surface area contributed by atoms with Crippen molar-refractivity contribution in [3.63, 3.8) is 0 Å². The first-order chi connectivity index (χ1) is 14.9. The molecule has 0 radical (unpaired) electrons. The van der Waals surface area contributed by atoms with Crippen LogP contribution in [0.1, 0.15) is 117 Å². The molecular weight excluding hydrogens is 1110 g/mol. The van der Waals surface area contributed by atoms with Crippen molar-refractivity contribution in [3.8, 4) is 0 Å². The van der Waals surface area contributed by atoms with E-state index in [1.807, 2.05) is 48.5 Å². The molecule has 33 heavy (non-hydrogen) atoms. The Morgan fingerprint density at radius 1 is 0.667 bits per heavy atom. The number of carbonyl (C=O) groups excluding carboxylic acids is 2. The van der Waals surface area contributed by atoms with E-state index >= 15 is 0 Å². The zero-order valence-corrected chi connectivity index (χ0v) is 37.9. The van der Waals surface area contributed by atoms with Crippen LogP contribution in [0.3, 0.4) is 0 Å². The molecule has 0 saturated carbocycles. The molecule has 0 fully saturated rings. The van der Waals surface area contributed by atoms with Gasteiger partial charge in [0.2, 0.25) is 0 Å². The molecule has 0 aliphatic carbocycles. The molecule has 0 N–H and O–H groups in total. The molecule has 0 bridgehead atoms. The van der Waals surface area contributed by atoms with E-state index in [4.69, 9.17) is 0 Å². The fraction of sp³-hybridized carbons (Fsp3) is 0.913. The summed E-state index contributed by atoms with van der Waals surface area (Å²) in [6.45, 7) is 31.5. The van der Waals surface area contributed by atoms with Crippen LogP contribution < -0.4 is 13.3 Å². The molecule has 0 unspecified atom stereocenters. The maximum absolute atomic E-state index is 9.81. The second-order valence-corrected chi connectivity index (χ2v) is 21.7. The first-order valence-corrected chi connectivity index (χ1v) is 29.5. The maximum atomic E-state index is 9.81. The fourth-order valence-electron chi connectivity index (χ4n) is 0. The second kappa shape index (κ2) is 138. The second-order valence-electron chi connectivity index (χ2n) is 5.48. The first-order valence-electron chi connectivity index (χ1n) is 10.6. The molecule has 2 nitrogen and oxygen atoms in total. The standard InChI is InChI=1S/C4H8O.2C4H10.C3H6O.3C2H6.2CH3F.I3.I2.HI/c1-3-4(2)5;2*1-4(2)3;1-3(2)4;5*1-2;1-3-2;1-2;/h3H2,1-2H3;2*4H,1-3H3;1-2H3;3*1-2H3;2*1H3;;;1H/q;;;;;;;;;-1;;. The van der Waals surface area contributed by atoms with Crippen LogP contribution in [0.5, 0.6) is 0 Å². The molecule has 0 heterocycles. The van der Waals surface area contributed by atoms with Gasteiger partial charge in [0, 0.05) is 43.7 Å². The summed E-state index contributed by atoms with van der Waals surface area (Å²) in [4.78, 5) is 19.3. The Labute approximate surface area is 280 Å². The van der Waals surface area contributed by atoms with Gasteiger partial charge in [-0.05, 0) is 32.6 Å². The predicted octanol–water partition coefficient (Wildman–Crippen LogP) is 10.3. The van der Waals surface area contributed by atoms with Crippen LogP contribution in [0.2, 0.25) is 0 Å². The summed E-state index contributed by atoms with van der Waals surface area (Å²) in [6, 6.07) is 0. The summed E-state index contributed by atoms with van der Waals surface area (Å²) in [7, 11) is 1.00. The van der Waals surface area contributed by atoms with Gasteiger partial charge in [0.05, 0.1) is 14.4 Å². The van der Waals surface area contributed by atoms with Gasteiger partial charge in [-0.1, -0.05) is 90.0 Å². The van der Waals surface area contributed by atoms with Gasteiger partial charge in [0.25, 0.3) is 0 Å². The number of hydrogen-bond acceptors (Lipinski definition) is 2. The van der Waals surface area contributed by atoms with Crippen LogP contribution in [0, 0.1) is 11.8 Å². The SMILES string of the molecule is CC.CC.CC.CC(C)=O.CC(C)C.CC(C)C.CCC(C)=O.CF.CF.I.II.I[I-]I.